The van der Waals surface area contributed by atoms with Crippen LogP contribution in [0.1, 0.15) is 5.56 Å². The Labute approximate surface area is 106 Å². The van der Waals surface area contributed by atoms with E-state index in [1.807, 2.05) is 6.07 Å². The van der Waals surface area contributed by atoms with Crippen LogP contribution < -0.4 is 5.32 Å². The highest BCUT2D eigenvalue weighted by atomic mass is 32.2. The smallest absolute Gasteiger partial charge is 0.409 e. The number of fused-ring (bicyclic) bond motifs is 1. The number of anilines is 1. The van der Waals surface area contributed by atoms with E-state index in [0.29, 0.717) is 11.3 Å². The fraction of sp³-hybridized carbons (Fsp3) is 0.0833. The van der Waals surface area contributed by atoms with E-state index >= 15 is 0 Å². The summed E-state index contributed by atoms with van der Waals surface area (Å²) in [6, 6.07) is 10.4. The minimum Gasteiger partial charge on any atom is -0.772 e. The molecule has 0 spiro atoms. The normalized spacial score (nSPS) is 12.3. The summed E-state index contributed by atoms with van der Waals surface area (Å²) in [7, 11) is 0. The maximum atomic E-state index is 10.6. The molecule has 2 aromatic carbocycles. The van der Waals surface area contributed by atoms with Crippen LogP contribution in [0.4, 0.5) is 10.5 Å². The molecule has 0 radical (unpaired) electrons. The lowest BCUT2D eigenvalue weighted by Gasteiger charge is -2.07. The van der Waals surface area contributed by atoms with Gasteiger partial charge in [-0.3, -0.25) is 9.53 Å². The maximum Gasteiger partial charge on any atom is 0.409 e. The van der Waals surface area contributed by atoms with E-state index in [1.165, 1.54) is 0 Å². The average Bonchev–Trinajstić information content (AvgIpc) is 2.26. The van der Waals surface area contributed by atoms with Crippen LogP contribution >= 0.6 is 0 Å². The highest BCUT2D eigenvalue weighted by Crippen LogP contribution is 2.21. The lowest BCUT2D eigenvalue weighted by Crippen LogP contribution is -2.06. The zero-order valence-electron chi connectivity index (χ0n) is 9.25. The first kappa shape index (κ1) is 12.5. The van der Waals surface area contributed by atoms with Gasteiger partial charge in [0, 0.05) is 11.4 Å². The Bertz CT molecular complexity index is 576. The Kier molecular flexibility index (Phi) is 3.59. The number of nitrogens with one attached hydrogen (secondary N) is 1. The summed E-state index contributed by atoms with van der Waals surface area (Å²) in [5, 5.41) is 12.6. The fourth-order valence-corrected chi connectivity index (χ4v) is 2.18. The zero-order chi connectivity index (χ0) is 13.1. The van der Waals surface area contributed by atoms with Crippen LogP contribution in [-0.4, -0.2) is 20.0 Å². The van der Waals surface area contributed by atoms with Gasteiger partial charge in [0.2, 0.25) is 0 Å². The molecule has 0 fully saturated rings. The lowest BCUT2D eigenvalue weighted by molar-refractivity contribution is 0.210. The second-order valence-corrected chi connectivity index (χ2v) is 4.67. The molecule has 2 N–H and O–H groups in total. The molecule has 1 unspecified atom stereocenters. The van der Waals surface area contributed by atoms with Crippen molar-refractivity contribution < 1.29 is 18.7 Å². The monoisotopic (exact) mass is 264 g/mol. The van der Waals surface area contributed by atoms with Gasteiger partial charge in [-0.25, -0.2) is 4.79 Å². The number of amides is 1. The van der Waals surface area contributed by atoms with Gasteiger partial charge in [0.15, 0.2) is 0 Å². The molecule has 0 saturated heterocycles. The molecule has 18 heavy (non-hydrogen) atoms. The Morgan fingerprint density at radius 3 is 2.61 bits per heavy atom. The standard InChI is InChI=1S/C12H11NO4S/c14-12(15)13-11-4-3-9-2-1-8(7-18(16)17)5-10(9)6-11/h1-6,13H,7H2,(H,14,15)(H,16,17)/p-1. The molecular formula is C12H10NO4S-. The highest BCUT2D eigenvalue weighted by molar-refractivity contribution is 7.78. The van der Waals surface area contributed by atoms with Crippen LogP contribution in [0.25, 0.3) is 10.8 Å². The molecule has 0 aliphatic carbocycles. The van der Waals surface area contributed by atoms with Crippen LogP contribution in [0.3, 0.4) is 0 Å². The van der Waals surface area contributed by atoms with Crippen LogP contribution in [0.15, 0.2) is 36.4 Å². The van der Waals surface area contributed by atoms with Gasteiger partial charge in [-0.15, -0.1) is 0 Å². The molecule has 0 aromatic heterocycles. The Morgan fingerprint density at radius 2 is 1.94 bits per heavy atom. The molecule has 2 rings (SSSR count). The molecule has 2 aromatic rings. The van der Waals surface area contributed by atoms with E-state index in [4.69, 9.17) is 5.11 Å². The molecule has 0 bridgehead atoms. The summed E-state index contributed by atoms with van der Waals surface area (Å²) < 4.78 is 21.3. The van der Waals surface area contributed by atoms with Crippen molar-refractivity contribution >= 4 is 33.6 Å². The van der Waals surface area contributed by atoms with Crippen molar-refractivity contribution in [3.63, 3.8) is 0 Å². The van der Waals surface area contributed by atoms with Crippen molar-refractivity contribution in [3.05, 3.63) is 42.0 Å². The van der Waals surface area contributed by atoms with E-state index in [2.05, 4.69) is 5.32 Å². The minimum absolute atomic E-state index is 0.0491. The molecule has 1 amide bonds. The molecule has 94 valence electrons. The van der Waals surface area contributed by atoms with Crippen molar-refractivity contribution in [2.75, 3.05) is 5.32 Å². The van der Waals surface area contributed by atoms with Gasteiger partial charge in [0.1, 0.15) is 0 Å². The molecule has 0 aliphatic rings. The first-order valence-corrected chi connectivity index (χ1v) is 6.37. The number of carbonyl (C=O) groups is 1. The number of hydrogen-bond acceptors (Lipinski definition) is 3. The third-order valence-electron chi connectivity index (χ3n) is 2.44. The first-order chi connectivity index (χ1) is 8.54. The van der Waals surface area contributed by atoms with E-state index < -0.39 is 17.2 Å². The van der Waals surface area contributed by atoms with Crippen molar-refractivity contribution in [2.45, 2.75) is 5.75 Å². The fourth-order valence-electron chi connectivity index (χ4n) is 1.72. The summed E-state index contributed by atoms with van der Waals surface area (Å²) in [6.45, 7) is 0. The van der Waals surface area contributed by atoms with Gasteiger partial charge in [0.05, 0.1) is 0 Å². The molecule has 5 nitrogen and oxygen atoms in total. The van der Waals surface area contributed by atoms with E-state index in [-0.39, 0.29) is 5.75 Å². The summed E-state index contributed by atoms with van der Waals surface area (Å²) >= 11 is -2.13. The zero-order valence-corrected chi connectivity index (χ0v) is 10.1. The lowest BCUT2D eigenvalue weighted by atomic mass is 10.1. The Hall–Kier alpha value is -1.92. The predicted molar refractivity (Wildman–Crippen MR) is 68.2 cm³/mol. The number of hydrogen-bond donors (Lipinski definition) is 2. The molecular weight excluding hydrogens is 254 g/mol. The quantitative estimate of drug-likeness (QED) is 0.832. The summed E-state index contributed by atoms with van der Waals surface area (Å²) in [4.78, 5) is 10.5. The largest absolute Gasteiger partial charge is 0.772 e. The molecule has 1 atom stereocenters. The van der Waals surface area contributed by atoms with Gasteiger partial charge in [0.25, 0.3) is 0 Å². The van der Waals surface area contributed by atoms with E-state index in [0.717, 1.165) is 10.8 Å². The number of benzene rings is 2. The third kappa shape index (κ3) is 3.06. The van der Waals surface area contributed by atoms with Crippen molar-refractivity contribution in [1.82, 2.24) is 0 Å². The van der Waals surface area contributed by atoms with Crippen molar-refractivity contribution in [2.24, 2.45) is 0 Å². The molecule has 0 heterocycles. The first-order valence-electron chi connectivity index (χ1n) is 5.13. The second-order valence-electron chi connectivity index (χ2n) is 3.77. The summed E-state index contributed by atoms with van der Waals surface area (Å²) in [6.07, 6.45) is -1.13. The van der Waals surface area contributed by atoms with Crippen molar-refractivity contribution in [1.29, 1.82) is 0 Å². The Morgan fingerprint density at radius 1 is 1.22 bits per heavy atom. The van der Waals surface area contributed by atoms with Crippen LogP contribution in [0, 0.1) is 0 Å². The minimum atomic E-state index is -2.13. The Balaban J connectivity index is 2.39. The molecule has 0 saturated carbocycles. The maximum absolute atomic E-state index is 10.6. The van der Waals surface area contributed by atoms with E-state index in [1.54, 1.807) is 30.3 Å². The third-order valence-corrected chi connectivity index (χ3v) is 3.01. The SMILES string of the molecule is O=C(O)Nc1ccc2ccc(CS(=O)[O-])cc2c1. The van der Waals surface area contributed by atoms with Crippen molar-refractivity contribution in [3.8, 4) is 0 Å². The van der Waals surface area contributed by atoms with Crippen LogP contribution in [0.5, 0.6) is 0 Å². The number of carboxylic acid groups (broad SMARTS) is 1. The van der Waals surface area contributed by atoms with Gasteiger partial charge in [-0.1, -0.05) is 35.3 Å². The van der Waals surface area contributed by atoms with Gasteiger partial charge >= 0.3 is 6.09 Å². The van der Waals surface area contributed by atoms with Gasteiger partial charge < -0.3 is 9.66 Å². The van der Waals surface area contributed by atoms with Gasteiger partial charge in [-0.2, -0.15) is 0 Å². The summed E-state index contributed by atoms with van der Waals surface area (Å²) in [5.41, 5.74) is 1.12. The van der Waals surface area contributed by atoms with Gasteiger partial charge in [-0.05, 0) is 28.5 Å². The topological polar surface area (TPSA) is 89.5 Å². The molecule has 0 aliphatic heterocycles. The number of rotatable bonds is 3. The van der Waals surface area contributed by atoms with E-state index in [9.17, 15) is 13.6 Å². The van der Waals surface area contributed by atoms with Crippen LogP contribution in [0.2, 0.25) is 0 Å². The highest BCUT2D eigenvalue weighted by Gasteiger charge is 2.01. The predicted octanol–water partition coefficient (Wildman–Crippen LogP) is 2.31. The van der Waals surface area contributed by atoms with Crippen LogP contribution in [-0.2, 0) is 16.8 Å². The average molecular weight is 264 g/mol. The molecule has 6 heteroatoms. The summed E-state index contributed by atoms with van der Waals surface area (Å²) in [5.74, 6) is -0.0491. The second kappa shape index (κ2) is 5.16.